The Hall–Kier alpha value is -0.780. The minimum Gasteiger partial charge on any atom is -0.493 e. The van der Waals surface area contributed by atoms with Crippen molar-refractivity contribution in [3.63, 3.8) is 0 Å². The molecule has 6 heteroatoms. The van der Waals surface area contributed by atoms with Crippen molar-refractivity contribution in [2.24, 2.45) is 5.73 Å². The number of hydrogen-bond acceptors (Lipinski definition) is 5. The fourth-order valence-corrected chi connectivity index (χ4v) is 1.94. The Morgan fingerprint density at radius 1 is 1.26 bits per heavy atom. The van der Waals surface area contributed by atoms with Crippen molar-refractivity contribution in [3.05, 3.63) is 18.2 Å². The molecule has 0 saturated heterocycles. The molecule has 2 N–H and O–H groups in total. The molecular formula is C13H20ClNO3S. The van der Waals surface area contributed by atoms with Crippen molar-refractivity contribution >= 4 is 25.0 Å². The second kappa shape index (κ2) is 8.40. The predicted octanol–water partition coefficient (Wildman–Crippen LogP) is 2.64. The maximum atomic E-state index is 5.78. The van der Waals surface area contributed by atoms with E-state index < -0.39 is 0 Å². The molecule has 0 radical (unpaired) electrons. The van der Waals surface area contributed by atoms with Gasteiger partial charge in [-0.3, -0.25) is 0 Å². The molecule has 1 atom stereocenters. The van der Waals surface area contributed by atoms with Crippen molar-refractivity contribution in [1.29, 1.82) is 0 Å². The molecular weight excluding hydrogens is 286 g/mol. The molecule has 1 aromatic carbocycles. The zero-order valence-electron chi connectivity index (χ0n) is 10.7. The highest BCUT2D eigenvalue weighted by molar-refractivity contribution is 7.80. The lowest BCUT2D eigenvalue weighted by Crippen LogP contribution is -2.21. The maximum absolute atomic E-state index is 5.78. The van der Waals surface area contributed by atoms with Gasteiger partial charge in [-0.2, -0.15) is 12.6 Å². The Labute approximate surface area is 125 Å². The summed E-state index contributed by atoms with van der Waals surface area (Å²) in [6.07, 6.45) is 3.05. The summed E-state index contributed by atoms with van der Waals surface area (Å²) in [5.41, 5.74) is 5.78. The van der Waals surface area contributed by atoms with E-state index in [0.29, 0.717) is 13.4 Å². The van der Waals surface area contributed by atoms with Crippen LogP contribution in [0.5, 0.6) is 17.2 Å². The van der Waals surface area contributed by atoms with Crippen LogP contribution in [0.25, 0.3) is 0 Å². The molecule has 0 aromatic heterocycles. The molecule has 0 aliphatic carbocycles. The van der Waals surface area contributed by atoms with E-state index in [1.165, 1.54) is 0 Å². The summed E-state index contributed by atoms with van der Waals surface area (Å²) in [6, 6.07) is 5.82. The van der Waals surface area contributed by atoms with Crippen LogP contribution in [0.15, 0.2) is 18.2 Å². The molecule has 0 bridgehead atoms. The molecule has 1 heterocycles. The zero-order chi connectivity index (χ0) is 12.8. The van der Waals surface area contributed by atoms with Gasteiger partial charge in [0.25, 0.3) is 0 Å². The topological polar surface area (TPSA) is 53.7 Å². The number of rotatable bonds is 7. The largest absolute Gasteiger partial charge is 0.493 e. The van der Waals surface area contributed by atoms with E-state index in [4.69, 9.17) is 19.9 Å². The number of hydrogen-bond donors (Lipinski definition) is 2. The van der Waals surface area contributed by atoms with Crippen LogP contribution < -0.4 is 19.9 Å². The Morgan fingerprint density at radius 3 is 2.84 bits per heavy atom. The Kier molecular flexibility index (Phi) is 7.20. The summed E-state index contributed by atoms with van der Waals surface area (Å²) in [6.45, 7) is 0.985. The third-order valence-corrected chi connectivity index (χ3v) is 3.29. The first-order chi connectivity index (χ1) is 8.79. The average molecular weight is 306 g/mol. The molecule has 19 heavy (non-hydrogen) atoms. The maximum Gasteiger partial charge on any atom is 0.231 e. The third kappa shape index (κ3) is 5.01. The molecule has 108 valence electrons. The molecule has 2 rings (SSSR count). The highest BCUT2D eigenvalue weighted by Gasteiger charge is 2.13. The van der Waals surface area contributed by atoms with Gasteiger partial charge in [-0.25, -0.2) is 0 Å². The van der Waals surface area contributed by atoms with Crippen molar-refractivity contribution in [2.45, 2.75) is 25.3 Å². The molecule has 1 unspecified atom stereocenters. The van der Waals surface area contributed by atoms with E-state index in [1.807, 2.05) is 18.2 Å². The fourth-order valence-electron chi connectivity index (χ4n) is 1.76. The first-order valence-corrected chi connectivity index (χ1v) is 6.81. The fraction of sp³-hybridized carbons (Fsp3) is 0.538. The summed E-state index contributed by atoms with van der Waals surface area (Å²) in [4.78, 5) is 0. The van der Waals surface area contributed by atoms with Gasteiger partial charge >= 0.3 is 0 Å². The van der Waals surface area contributed by atoms with Crippen LogP contribution >= 0.6 is 25.0 Å². The number of nitrogens with two attached hydrogens (primary N) is 1. The number of ether oxygens (including phenoxy) is 3. The number of thiol groups is 1. The van der Waals surface area contributed by atoms with Gasteiger partial charge in [-0.15, -0.1) is 12.4 Å². The molecule has 0 amide bonds. The van der Waals surface area contributed by atoms with Gasteiger partial charge in [0.1, 0.15) is 5.75 Å². The summed E-state index contributed by atoms with van der Waals surface area (Å²) >= 11 is 4.15. The highest BCUT2D eigenvalue weighted by Crippen LogP contribution is 2.35. The van der Waals surface area contributed by atoms with E-state index in [-0.39, 0.29) is 18.4 Å². The van der Waals surface area contributed by atoms with Crippen LogP contribution in [0.4, 0.5) is 0 Å². The number of unbranched alkanes of at least 4 members (excludes halogenated alkanes) is 1. The third-order valence-electron chi connectivity index (χ3n) is 2.82. The Morgan fingerprint density at radius 2 is 2.05 bits per heavy atom. The van der Waals surface area contributed by atoms with Crippen LogP contribution in [0, 0.1) is 0 Å². The smallest absolute Gasteiger partial charge is 0.231 e. The minimum absolute atomic E-state index is 0. The summed E-state index contributed by atoms with van der Waals surface area (Å²) in [5, 5.41) is 0. The first kappa shape index (κ1) is 16.3. The van der Waals surface area contributed by atoms with E-state index in [1.54, 1.807) is 0 Å². The summed E-state index contributed by atoms with van der Waals surface area (Å²) < 4.78 is 16.2. The second-order valence-corrected chi connectivity index (χ2v) is 4.67. The van der Waals surface area contributed by atoms with Crippen molar-refractivity contribution in [3.8, 4) is 17.2 Å². The van der Waals surface area contributed by atoms with Crippen molar-refractivity contribution < 1.29 is 14.2 Å². The number of benzene rings is 1. The molecule has 4 nitrogen and oxygen atoms in total. The average Bonchev–Trinajstić information content (AvgIpc) is 2.85. The van der Waals surface area contributed by atoms with Gasteiger partial charge in [0.15, 0.2) is 11.5 Å². The zero-order valence-corrected chi connectivity index (χ0v) is 12.4. The molecule has 1 aliphatic heterocycles. The SMILES string of the molecule is Cl.NC(CS)CCCCOc1ccc2c(c1)OCO2. The predicted molar refractivity (Wildman–Crippen MR) is 81.0 cm³/mol. The highest BCUT2D eigenvalue weighted by atomic mass is 35.5. The Balaban J connectivity index is 0.00000180. The lowest BCUT2D eigenvalue weighted by atomic mass is 10.1. The first-order valence-electron chi connectivity index (χ1n) is 6.18. The molecule has 0 fully saturated rings. The molecule has 0 spiro atoms. The van der Waals surface area contributed by atoms with Crippen molar-refractivity contribution in [1.82, 2.24) is 0 Å². The van der Waals surface area contributed by atoms with Gasteiger partial charge in [0, 0.05) is 17.9 Å². The second-order valence-electron chi connectivity index (χ2n) is 4.30. The summed E-state index contributed by atoms with van der Waals surface area (Å²) in [5.74, 6) is 3.09. The lowest BCUT2D eigenvalue weighted by molar-refractivity contribution is 0.173. The normalized spacial score (nSPS) is 13.8. The van der Waals surface area contributed by atoms with Gasteiger partial charge in [0.05, 0.1) is 6.61 Å². The van der Waals surface area contributed by atoms with E-state index in [0.717, 1.165) is 42.3 Å². The van der Waals surface area contributed by atoms with Gasteiger partial charge in [-0.1, -0.05) is 0 Å². The molecule has 1 aliphatic rings. The molecule has 0 saturated carbocycles. The van der Waals surface area contributed by atoms with Crippen LogP contribution in [0.1, 0.15) is 19.3 Å². The van der Waals surface area contributed by atoms with E-state index in [2.05, 4.69) is 12.6 Å². The number of halogens is 1. The summed E-state index contributed by atoms with van der Waals surface area (Å²) in [7, 11) is 0. The van der Waals surface area contributed by atoms with E-state index in [9.17, 15) is 0 Å². The van der Waals surface area contributed by atoms with Crippen LogP contribution in [0.2, 0.25) is 0 Å². The molecule has 1 aromatic rings. The van der Waals surface area contributed by atoms with Crippen molar-refractivity contribution in [2.75, 3.05) is 19.2 Å². The van der Waals surface area contributed by atoms with Crippen LogP contribution in [0.3, 0.4) is 0 Å². The Bertz CT molecular complexity index is 392. The van der Waals surface area contributed by atoms with Crippen LogP contribution in [-0.2, 0) is 0 Å². The lowest BCUT2D eigenvalue weighted by Gasteiger charge is -2.09. The minimum atomic E-state index is 0. The van der Waals surface area contributed by atoms with Gasteiger partial charge < -0.3 is 19.9 Å². The van der Waals surface area contributed by atoms with Gasteiger partial charge in [0.2, 0.25) is 6.79 Å². The monoisotopic (exact) mass is 305 g/mol. The quantitative estimate of drug-likeness (QED) is 0.601. The van der Waals surface area contributed by atoms with Crippen LogP contribution in [-0.4, -0.2) is 25.2 Å². The standard InChI is InChI=1S/C13H19NO3S.ClH/c14-10(8-18)3-1-2-6-15-11-4-5-12-13(7-11)17-9-16-12;/h4-5,7,10,18H,1-3,6,8-9,14H2;1H. The van der Waals surface area contributed by atoms with Gasteiger partial charge in [-0.05, 0) is 31.4 Å². The number of fused-ring (bicyclic) bond motifs is 1. The van der Waals surface area contributed by atoms with E-state index >= 15 is 0 Å².